The lowest BCUT2D eigenvalue weighted by atomic mass is 9.85. The summed E-state index contributed by atoms with van der Waals surface area (Å²) in [5.41, 5.74) is 5.71. The third kappa shape index (κ3) is 6.06. The highest BCUT2D eigenvalue weighted by Crippen LogP contribution is 2.40. The average Bonchev–Trinajstić information content (AvgIpc) is 2.94. The maximum absolute atomic E-state index is 12.5. The van der Waals surface area contributed by atoms with E-state index in [-0.39, 0.29) is 23.4 Å². The van der Waals surface area contributed by atoms with Crippen LogP contribution < -0.4 is 20.6 Å². The molecule has 0 aliphatic carbocycles. The second-order valence-electron chi connectivity index (χ2n) is 11.9. The lowest BCUT2D eigenvalue weighted by Crippen LogP contribution is -2.44. The van der Waals surface area contributed by atoms with E-state index in [1.807, 2.05) is 11.0 Å². The summed E-state index contributed by atoms with van der Waals surface area (Å²) in [5, 5.41) is 6.42. The fraction of sp³-hybridized carbons (Fsp3) is 0.286. The van der Waals surface area contributed by atoms with Crippen LogP contribution in [0.1, 0.15) is 63.8 Å². The molecule has 1 aliphatic heterocycles. The van der Waals surface area contributed by atoms with Gasteiger partial charge in [0.15, 0.2) is 0 Å². The molecular formula is C35H40N2O2Si. The van der Waals surface area contributed by atoms with Crippen molar-refractivity contribution in [3.63, 3.8) is 0 Å². The summed E-state index contributed by atoms with van der Waals surface area (Å²) >= 11 is 0. The highest BCUT2D eigenvalue weighted by Gasteiger charge is 2.32. The molecule has 4 nitrogen and oxygen atoms in total. The monoisotopic (exact) mass is 548 g/mol. The first-order valence-corrected chi connectivity index (χ1v) is 15.8. The summed E-state index contributed by atoms with van der Waals surface area (Å²) in [6.45, 7) is 11.1. The van der Waals surface area contributed by atoms with Crippen molar-refractivity contribution in [3.05, 3.63) is 120 Å². The van der Waals surface area contributed by atoms with Gasteiger partial charge in [0.05, 0.1) is 12.6 Å². The fourth-order valence-electron chi connectivity index (χ4n) is 5.75. The smallest absolute Gasteiger partial charge is 0.240 e. The summed E-state index contributed by atoms with van der Waals surface area (Å²) < 4.78 is 6.88. The number of hydrogen-bond acceptors (Lipinski definition) is 3. The molecule has 1 amide bonds. The number of hydrogen-bond donors (Lipinski definition) is 1. The third-order valence-electron chi connectivity index (χ3n) is 7.84. The minimum absolute atomic E-state index is 0.0247. The van der Waals surface area contributed by atoms with Gasteiger partial charge in [0.1, 0.15) is 0 Å². The largest absolute Gasteiger partial charge is 0.407 e. The Bertz CT molecular complexity index is 1410. The number of anilines is 2. The van der Waals surface area contributed by atoms with Crippen LogP contribution in [0.5, 0.6) is 0 Å². The quantitative estimate of drug-likeness (QED) is 0.274. The Morgan fingerprint density at radius 2 is 1.50 bits per heavy atom. The molecule has 1 N–H and O–H groups in total. The number of para-hydroxylation sites is 1. The lowest BCUT2D eigenvalue weighted by Gasteiger charge is -2.39. The molecule has 4 aromatic carbocycles. The fourth-order valence-corrected chi connectivity index (χ4v) is 8.01. The molecule has 0 aromatic heterocycles. The lowest BCUT2D eigenvalue weighted by molar-refractivity contribution is -0.117. The zero-order valence-corrected chi connectivity index (χ0v) is 25.4. The predicted octanol–water partition coefficient (Wildman–Crippen LogP) is 6.34. The van der Waals surface area contributed by atoms with E-state index >= 15 is 0 Å². The average molecular weight is 549 g/mol. The summed E-state index contributed by atoms with van der Waals surface area (Å²) in [4.78, 5) is 14.4. The number of amides is 1. The first kappa shape index (κ1) is 27.9. The number of nitrogens with one attached hydrogen (secondary N) is 1. The van der Waals surface area contributed by atoms with E-state index in [2.05, 4.69) is 130 Å². The molecule has 0 radical (unpaired) electrons. The Morgan fingerprint density at radius 1 is 0.900 bits per heavy atom. The Balaban J connectivity index is 1.49. The number of fused-ring (bicyclic) bond motifs is 1. The van der Waals surface area contributed by atoms with Crippen LogP contribution in [0.15, 0.2) is 103 Å². The Kier molecular flexibility index (Phi) is 8.24. The topological polar surface area (TPSA) is 41.6 Å². The summed E-state index contributed by atoms with van der Waals surface area (Å²) in [7, 11) is -1.90. The predicted molar refractivity (Wildman–Crippen MR) is 169 cm³/mol. The molecule has 0 spiro atoms. The van der Waals surface area contributed by atoms with Crippen LogP contribution in [0.4, 0.5) is 11.4 Å². The van der Waals surface area contributed by atoms with Crippen molar-refractivity contribution in [1.29, 1.82) is 0 Å². The van der Waals surface area contributed by atoms with Crippen LogP contribution in [0.25, 0.3) is 0 Å². The molecule has 4 aromatic rings. The molecule has 0 fully saturated rings. The SMILES string of the molecule is CC(=O)N1c2ccccc2C(Nc2ccc(C(C)(C)C)cc2CO[SiH](c2ccccc2)c2ccccc2)CC1C. The van der Waals surface area contributed by atoms with Gasteiger partial charge >= 0.3 is 0 Å². The number of rotatable bonds is 7. The van der Waals surface area contributed by atoms with Gasteiger partial charge in [0.25, 0.3) is 0 Å². The number of nitrogens with zero attached hydrogens (tertiary/aromatic N) is 1. The van der Waals surface area contributed by atoms with Gasteiger partial charge in [-0.3, -0.25) is 4.79 Å². The molecule has 1 aliphatic rings. The molecule has 0 saturated carbocycles. The Morgan fingerprint density at radius 3 is 2.10 bits per heavy atom. The molecule has 0 bridgehead atoms. The van der Waals surface area contributed by atoms with E-state index in [4.69, 9.17) is 4.43 Å². The van der Waals surface area contributed by atoms with Crippen molar-refractivity contribution < 1.29 is 9.22 Å². The number of carbonyl (C=O) groups excluding carboxylic acids is 1. The van der Waals surface area contributed by atoms with Gasteiger partial charge in [0, 0.05) is 24.3 Å². The highest BCUT2D eigenvalue weighted by molar-refractivity contribution is 6.80. The molecule has 2 atom stereocenters. The van der Waals surface area contributed by atoms with Crippen molar-refractivity contribution in [1.82, 2.24) is 0 Å². The zero-order valence-electron chi connectivity index (χ0n) is 24.2. The maximum atomic E-state index is 12.5. The van der Waals surface area contributed by atoms with Crippen LogP contribution in [0.2, 0.25) is 0 Å². The summed E-state index contributed by atoms with van der Waals surface area (Å²) in [5.74, 6) is 0.0832. The van der Waals surface area contributed by atoms with E-state index < -0.39 is 9.04 Å². The molecule has 5 heteroatoms. The van der Waals surface area contributed by atoms with Gasteiger partial charge in [-0.25, -0.2) is 0 Å². The first-order valence-electron chi connectivity index (χ1n) is 14.2. The Labute approximate surface area is 240 Å². The molecule has 2 unspecified atom stereocenters. The number of carbonyl (C=O) groups is 1. The second kappa shape index (κ2) is 11.8. The molecule has 0 saturated heterocycles. The molecule has 5 rings (SSSR count). The summed E-state index contributed by atoms with van der Waals surface area (Å²) in [6, 6.07) is 36.5. The minimum atomic E-state index is -1.90. The van der Waals surface area contributed by atoms with Crippen LogP contribution in [0.3, 0.4) is 0 Å². The van der Waals surface area contributed by atoms with Crippen molar-refractivity contribution in [2.24, 2.45) is 0 Å². The third-order valence-corrected chi connectivity index (χ3v) is 10.3. The first-order chi connectivity index (χ1) is 19.2. The van der Waals surface area contributed by atoms with Crippen LogP contribution in [-0.2, 0) is 21.2 Å². The van der Waals surface area contributed by atoms with Gasteiger partial charge in [-0.05, 0) is 58.0 Å². The van der Waals surface area contributed by atoms with Gasteiger partial charge in [0.2, 0.25) is 14.9 Å². The van der Waals surface area contributed by atoms with E-state index in [9.17, 15) is 4.79 Å². The van der Waals surface area contributed by atoms with Gasteiger partial charge in [-0.1, -0.05) is 112 Å². The van der Waals surface area contributed by atoms with Crippen molar-refractivity contribution in [3.8, 4) is 0 Å². The summed E-state index contributed by atoms with van der Waals surface area (Å²) in [6.07, 6.45) is 0.837. The molecule has 206 valence electrons. The van der Waals surface area contributed by atoms with Gasteiger partial charge in [-0.15, -0.1) is 0 Å². The normalized spacial score (nSPS) is 17.0. The standard InChI is InChI=1S/C35H40N2O2Si/c1-25-22-33(31-18-12-13-19-34(31)37(25)26(2)38)36-32-21-20-28(35(3,4)5)23-27(32)24-39-40(29-14-8-6-9-15-29)30-16-10-7-11-17-30/h6-21,23,25,33,36,40H,22,24H2,1-5H3. The molecular weight excluding hydrogens is 508 g/mol. The van der Waals surface area contributed by atoms with E-state index in [1.165, 1.54) is 15.9 Å². The van der Waals surface area contributed by atoms with Gasteiger partial charge in [-0.2, -0.15) is 0 Å². The van der Waals surface area contributed by atoms with E-state index in [1.54, 1.807) is 6.92 Å². The minimum Gasteiger partial charge on any atom is -0.407 e. The maximum Gasteiger partial charge on any atom is 0.240 e. The van der Waals surface area contributed by atoms with Crippen molar-refractivity contribution in [2.45, 2.75) is 65.1 Å². The van der Waals surface area contributed by atoms with Crippen molar-refractivity contribution >= 4 is 36.7 Å². The molecule has 1 heterocycles. The van der Waals surface area contributed by atoms with E-state index in [0.29, 0.717) is 6.61 Å². The number of benzene rings is 4. The Hall–Kier alpha value is -3.67. The van der Waals surface area contributed by atoms with Crippen molar-refractivity contribution in [2.75, 3.05) is 10.2 Å². The van der Waals surface area contributed by atoms with Crippen LogP contribution >= 0.6 is 0 Å². The molecule has 40 heavy (non-hydrogen) atoms. The van der Waals surface area contributed by atoms with E-state index in [0.717, 1.165) is 28.9 Å². The zero-order chi connectivity index (χ0) is 28.3. The van der Waals surface area contributed by atoms with Gasteiger partial charge < -0.3 is 14.6 Å². The van der Waals surface area contributed by atoms with Crippen LogP contribution in [-0.4, -0.2) is 21.0 Å². The van der Waals surface area contributed by atoms with Crippen LogP contribution in [0, 0.1) is 0 Å². The second-order valence-corrected chi connectivity index (χ2v) is 14.3. The highest BCUT2D eigenvalue weighted by atomic mass is 28.3.